The first-order valence-electron chi connectivity index (χ1n) is 12.6. The first-order chi connectivity index (χ1) is 20.7. The van der Waals surface area contributed by atoms with E-state index in [4.69, 9.17) is 28.6 Å². The van der Waals surface area contributed by atoms with Crippen LogP contribution in [0.3, 0.4) is 0 Å². The molecule has 0 aliphatic carbocycles. The van der Waals surface area contributed by atoms with Crippen molar-refractivity contribution in [3.63, 3.8) is 0 Å². The highest BCUT2D eigenvalue weighted by Crippen LogP contribution is 2.19. The van der Waals surface area contributed by atoms with Crippen LogP contribution in [0.5, 0.6) is 11.5 Å². The van der Waals surface area contributed by atoms with Gasteiger partial charge in [-0.1, -0.05) is 41.2 Å². The van der Waals surface area contributed by atoms with E-state index in [-0.39, 0.29) is 35.5 Å². The van der Waals surface area contributed by atoms with Crippen LogP contribution in [0.4, 0.5) is 0 Å². The van der Waals surface area contributed by atoms with Crippen LogP contribution >= 0.6 is 0 Å². The summed E-state index contributed by atoms with van der Waals surface area (Å²) in [5.41, 5.74) is 0.542. The molecular weight excluding hydrogens is 560 g/mol. The molecule has 0 aliphatic heterocycles. The van der Waals surface area contributed by atoms with Crippen molar-refractivity contribution in [3.8, 4) is 11.5 Å². The average molecular weight is 589 g/mol. The molecule has 0 spiro atoms. The van der Waals surface area contributed by atoms with E-state index in [9.17, 15) is 19.2 Å². The molecule has 222 valence electrons. The van der Waals surface area contributed by atoms with Crippen molar-refractivity contribution in [2.45, 2.75) is 6.92 Å². The normalized spacial score (nSPS) is 10.7. The Labute approximate surface area is 247 Å². The number of carbonyl (C=O) groups excluding carboxylic acids is 4. The molecule has 0 saturated heterocycles. The highest BCUT2D eigenvalue weighted by Gasteiger charge is 2.23. The molecule has 3 rings (SSSR count). The SMILES string of the molecule is C=C(C)C(=O)OCCOC(=O)c1ccc(C(=O)ON=Cc2ccccc2OC)c(C(=O)ON=Cc2ccccc2OC)c1. The summed E-state index contributed by atoms with van der Waals surface area (Å²) in [6.45, 7) is 4.47. The van der Waals surface area contributed by atoms with Gasteiger partial charge in [0.1, 0.15) is 24.7 Å². The zero-order chi connectivity index (χ0) is 31.2. The maximum Gasteiger partial charge on any atom is 0.366 e. The van der Waals surface area contributed by atoms with Crippen LogP contribution in [0.2, 0.25) is 0 Å². The standard InChI is InChI=1S/C31H28N2O10/c1-20(2)28(34)40-15-16-41-29(35)21-13-14-24(30(36)42-32-18-22-9-5-7-11-26(22)38-3)25(17-21)31(37)43-33-19-23-10-6-8-12-27(23)39-4/h5-14,17-19H,1,15-16H2,2-4H3. The minimum atomic E-state index is -1.07. The van der Waals surface area contributed by atoms with Gasteiger partial charge in [0.05, 0.1) is 43.3 Å². The van der Waals surface area contributed by atoms with Gasteiger partial charge in [0.25, 0.3) is 0 Å². The number of rotatable bonds is 13. The zero-order valence-corrected chi connectivity index (χ0v) is 23.6. The monoisotopic (exact) mass is 588 g/mol. The lowest BCUT2D eigenvalue weighted by Gasteiger charge is -2.09. The van der Waals surface area contributed by atoms with E-state index in [2.05, 4.69) is 16.9 Å². The molecule has 0 fully saturated rings. The lowest BCUT2D eigenvalue weighted by atomic mass is 10.0. The van der Waals surface area contributed by atoms with E-state index < -0.39 is 23.9 Å². The van der Waals surface area contributed by atoms with Crippen molar-refractivity contribution in [1.29, 1.82) is 0 Å². The van der Waals surface area contributed by atoms with Crippen molar-refractivity contribution in [2.75, 3.05) is 27.4 Å². The molecular formula is C31H28N2O10. The van der Waals surface area contributed by atoms with Gasteiger partial charge in [-0.05, 0) is 49.4 Å². The summed E-state index contributed by atoms with van der Waals surface area (Å²) in [5, 5.41) is 7.38. The van der Waals surface area contributed by atoms with Gasteiger partial charge in [-0.15, -0.1) is 0 Å². The molecule has 0 amide bonds. The fraction of sp³-hybridized carbons (Fsp3) is 0.161. The van der Waals surface area contributed by atoms with Gasteiger partial charge >= 0.3 is 23.9 Å². The number of benzene rings is 3. The number of ether oxygens (including phenoxy) is 4. The highest BCUT2D eigenvalue weighted by molar-refractivity contribution is 6.05. The Morgan fingerprint density at radius 3 is 1.74 bits per heavy atom. The van der Waals surface area contributed by atoms with Gasteiger partial charge in [0, 0.05) is 16.7 Å². The maximum absolute atomic E-state index is 13.0. The Bertz CT molecular complexity index is 1560. The minimum absolute atomic E-state index is 0.0963. The lowest BCUT2D eigenvalue weighted by Crippen LogP contribution is -2.16. The summed E-state index contributed by atoms with van der Waals surface area (Å²) in [7, 11) is 2.95. The Morgan fingerprint density at radius 2 is 1.21 bits per heavy atom. The quantitative estimate of drug-likeness (QED) is 0.0704. The third-order valence-electron chi connectivity index (χ3n) is 5.53. The van der Waals surface area contributed by atoms with Crippen LogP contribution in [-0.2, 0) is 23.9 Å². The molecule has 0 aliphatic rings. The molecule has 0 atom stereocenters. The third kappa shape index (κ3) is 9.11. The van der Waals surface area contributed by atoms with Crippen molar-refractivity contribution in [1.82, 2.24) is 0 Å². The number of carbonyl (C=O) groups is 4. The number of para-hydroxylation sites is 2. The first-order valence-corrected chi connectivity index (χ1v) is 12.6. The second kappa shape index (κ2) is 15.9. The topological polar surface area (TPSA) is 148 Å². The molecule has 0 bridgehead atoms. The number of oxime groups is 2. The summed E-state index contributed by atoms with van der Waals surface area (Å²) in [6, 6.07) is 17.3. The molecule has 0 radical (unpaired) electrons. The van der Waals surface area contributed by atoms with Crippen LogP contribution in [0.1, 0.15) is 49.1 Å². The van der Waals surface area contributed by atoms with Gasteiger partial charge in [0.15, 0.2) is 0 Å². The summed E-state index contributed by atoms with van der Waals surface area (Å²) in [4.78, 5) is 60.0. The third-order valence-corrected chi connectivity index (χ3v) is 5.53. The molecule has 0 aromatic heterocycles. The predicted octanol–water partition coefficient (Wildman–Crippen LogP) is 4.36. The second-order valence-corrected chi connectivity index (χ2v) is 8.52. The summed E-state index contributed by atoms with van der Waals surface area (Å²) in [5.74, 6) is -2.59. The summed E-state index contributed by atoms with van der Waals surface area (Å²) >= 11 is 0. The van der Waals surface area contributed by atoms with E-state index in [0.717, 1.165) is 6.07 Å². The van der Waals surface area contributed by atoms with Crippen LogP contribution in [0.25, 0.3) is 0 Å². The fourth-order valence-electron chi connectivity index (χ4n) is 3.40. The van der Waals surface area contributed by atoms with Crippen molar-refractivity contribution >= 4 is 36.3 Å². The van der Waals surface area contributed by atoms with E-state index in [1.807, 2.05) is 0 Å². The number of hydrogen-bond acceptors (Lipinski definition) is 12. The van der Waals surface area contributed by atoms with Gasteiger partial charge < -0.3 is 28.6 Å². The second-order valence-electron chi connectivity index (χ2n) is 8.52. The van der Waals surface area contributed by atoms with E-state index in [1.165, 1.54) is 45.7 Å². The molecule has 12 nitrogen and oxygen atoms in total. The number of methoxy groups -OCH3 is 2. The molecule has 0 saturated carbocycles. The Balaban J connectivity index is 1.81. The molecule has 0 unspecified atom stereocenters. The highest BCUT2D eigenvalue weighted by atomic mass is 16.7. The Hall–Kier alpha value is -5.78. The number of hydrogen-bond donors (Lipinski definition) is 0. The smallest absolute Gasteiger partial charge is 0.366 e. The van der Waals surface area contributed by atoms with Gasteiger partial charge in [-0.25, -0.2) is 19.2 Å². The zero-order valence-electron chi connectivity index (χ0n) is 23.6. The molecule has 0 heterocycles. The van der Waals surface area contributed by atoms with Crippen LogP contribution in [-0.4, -0.2) is 63.7 Å². The van der Waals surface area contributed by atoms with Crippen LogP contribution in [0, 0.1) is 0 Å². The average Bonchev–Trinajstić information content (AvgIpc) is 3.02. The predicted molar refractivity (Wildman–Crippen MR) is 155 cm³/mol. The largest absolute Gasteiger partial charge is 0.496 e. The van der Waals surface area contributed by atoms with Crippen LogP contribution in [0.15, 0.2) is 89.2 Å². The van der Waals surface area contributed by atoms with E-state index in [1.54, 1.807) is 48.5 Å². The Morgan fingerprint density at radius 1 is 0.698 bits per heavy atom. The van der Waals surface area contributed by atoms with Gasteiger partial charge in [-0.3, -0.25) is 0 Å². The molecule has 43 heavy (non-hydrogen) atoms. The van der Waals surface area contributed by atoms with Crippen molar-refractivity contribution < 1.29 is 47.8 Å². The molecule has 3 aromatic rings. The molecule has 12 heteroatoms. The molecule has 3 aromatic carbocycles. The first kappa shape index (κ1) is 31.7. The Kier molecular flexibility index (Phi) is 11.7. The van der Waals surface area contributed by atoms with Crippen molar-refractivity contribution in [2.24, 2.45) is 10.3 Å². The van der Waals surface area contributed by atoms with Gasteiger partial charge in [0.2, 0.25) is 0 Å². The number of esters is 2. The van der Waals surface area contributed by atoms with Crippen LogP contribution < -0.4 is 9.47 Å². The summed E-state index contributed by atoms with van der Waals surface area (Å²) < 4.78 is 20.4. The minimum Gasteiger partial charge on any atom is -0.496 e. The lowest BCUT2D eigenvalue weighted by molar-refractivity contribution is -0.140. The fourth-order valence-corrected chi connectivity index (χ4v) is 3.40. The summed E-state index contributed by atoms with van der Waals surface area (Å²) in [6.07, 6.45) is 2.51. The van der Waals surface area contributed by atoms with E-state index >= 15 is 0 Å². The number of nitrogens with zero attached hydrogens (tertiary/aromatic N) is 2. The molecule has 0 N–H and O–H groups in total. The van der Waals surface area contributed by atoms with E-state index in [0.29, 0.717) is 22.6 Å². The maximum atomic E-state index is 13.0. The van der Waals surface area contributed by atoms with Gasteiger partial charge in [-0.2, -0.15) is 0 Å². The van der Waals surface area contributed by atoms with Crippen molar-refractivity contribution in [3.05, 3.63) is 107 Å².